The third-order valence-electron chi connectivity index (χ3n) is 2.63. The SMILES string of the molecule is Cc1nc2ccc(CCNC(=O)CCS)cc2o1. The van der Waals surface area contributed by atoms with Crippen molar-refractivity contribution < 1.29 is 9.21 Å². The fourth-order valence-corrected chi connectivity index (χ4v) is 1.98. The van der Waals surface area contributed by atoms with Crippen LogP contribution in [-0.4, -0.2) is 23.2 Å². The van der Waals surface area contributed by atoms with E-state index in [9.17, 15) is 4.79 Å². The summed E-state index contributed by atoms with van der Waals surface area (Å²) in [6.45, 7) is 2.46. The third-order valence-corrected chi connectivity index (χ3v) is 2.86. The van der Waals surface area contributed by atoms with Crippen LogP contribution in [0.2, 0.25) is 0 Å². The molecule has 2 rings (SSSR count). The maximum Gasteiger partial charge on any atom is 0.220 e. The van der Waals surface area contributed by atoms with Crippen LogP contribution in [0.15, 0.2) is 22.6 Å². The first-order valence-electron chi connectivity index (χ1n) is 5.92. The molecule has 0 unspecified atom stereocenters. The zero-order chi connectivity index (χ0) is 13.0. The van der Waals surface area contributed by atoms with Gasteiger partial charge in [0.15, 0.2) is 11.5 Å². The number of hydrogen-bond donors (Lipinski definition) is 2. The van der Waals surface area contributed by atoms with Gasteiger partial charge in [-0.15, -0.1) is 0 Å². The number of hydrogen-bond acceptors (Lipinski definition) is 4. The molecule has 0 radical (unpaired) electrons. The Hall–Kier alpha value is -1.49. The second-order valence-electron chi connectivity index (χ2n) is 4.11. The van der Waals surface area contributed by atoms with Crippen LogP contribution in [0.1, 0.15) is 17.9 Å². The van der Waals surface area contributed by atoms with E-state index in [0.717, 1.165) is 23.1 Å². The second-order valence-corrected chi connectivity index (χ2v) is 4.56. The number of benzene rings is 1. The van der Waals surface area contributed by atoms with Crippen molar-refractivity contribution in [3.05, 3.63) is 29.7 Å². The first-order valence-corrected chi connectivity index (χ1v) is 6.56. The second kappa shape index (κ2) is 5.91. The summed E-state index contributed by atoms with van der Waals surface area (Å²) >= 11 is 4.01. The molecular formula is C13H16N2O2S. The van der Waals surface area contributed by atoms with Crippen molar-refractivity contribution in [2.24, 2.45) is 0 Å². The molecule has 2 aromatic rings. The number of carbonyl (C=O) groups is 1. The van der Waals surface area contributed by atoms with E-state index in [2.05, 4.69) is 22.9 Å². The van der Waals surface area contributed by atoms with Crippen molar-refractivity contribution in [3.8, 4) is 0 Å². The summed E-state index contributed by atoms with van der Waals surface area (Å²) in [6.07, 6.45) is 1.25. The quantitative estimate of drug-likeness (QED) is 0.813. The number of nitrogens with zero attached hydrogens (tertiary/aromatic N) is 1. The van der Waals surface area contributed by atoms with Gasteiger partial charge in [-0.3, -0.25) is 4.79 Å². The predicted octanol–water partition coefficient (Wildman–Crippen LogP) is 2.11. The number of aryl methyl sites for hydroxylation is 1. The van der Waals surface area contributed by atoms with Crippen LogP contribution in [-0.2, 0) is 11.2 Å². The van der Waals surface area contributed by atoms with Gasteiger partial charge in [-0.2, -0.15) is 12.6 Å². The molecule has 5 heteroatoms. The van der Waals surface area contributed by atoms with Gasteiger partial charge in [0.25, 0.3) is 0 Å². The molecule has 0 spiro atoms. The molecule has 1 amide bonds. The third kappa shape index (κ3) is 3.26. The zero-order valence-corrected chi connectivity index (χ0v) is 11.2. The monoisotopic (exact) mass is 264 g/mol. The number of rotatable bonds is 5. The summed E-state index contributed by atoms with van der Waals surface area (Å²) in [6, 6.07) is 5.92. The Morgan fingerprint density at radius 2 is 2.33 bits per heavy atom. The van der Waals surface area contributed by atoms with Gasteiger partial charge in [0.05, 0.1) is 0 Å². The predicted molar refractivity (Wildman–Crippen MR) is 73.9 cm³/mol. The largest absolute Gasteiger partial charge is 0.441 e. The highest BCUT2D eigenvalue weighted by molar-refractivity contribution is 7.80. The van der Waals surface area contributed by atoms with E-state index in [1.165, 1.54) is 0 Å². The Morgan fingerprint density at radius 1 is 1.50 bits per heavy atom. The molecule has 0 saturated carbocycles. The minimum atomic E-state index is 0.0431. The maximum absolute atomic E-state index is 11.3. The summed E-state index contributed by atoms with van der Waals surface area (Å²) in [5.41, 5.74) is 2.80. The van der Waals surface area contributed by atoms with Crippen molar-refractivity contribution in [3.63, 3.8) is 0 Å². The molecule has 18 heavy (non-hydrogen) atoms. The van der Waals surface area contributed by atoms with Crippen LogP contribution in [0.5, 0.6) is 0 Å². The highest BCUT2D eigenvalue weighted by Crippen LogP contribution is 2.16. The Morgan fingerprint density at radius 3 is 3.11 bits per heavy atom. The van der Waals surface area contributed by atoms with Crippen molar-refractivity contribution in [2.45, 2.75) is 19.8 Å². The van der Waals surface area contributed by atoms with Crippen LogP contribution in [0, 0.1) is 6.92 Å². The van der Waals surface area contributed by atoms with E-state index in [-0.39, 0.29) is 5.91 Å². The number of oxazole rings is 1. The molecule has 1 heterocycles. The lowest BCUT2D eigenvalue weighted by atomic mass is 10.1. The first-order chi connectivity index (χ1) is 8.69. The molecule has 0 bridgehead atoms. The highest BCUT2D eigenvalue weighted by Gasteiger charge is 2.04. The zero-order valence-electron chi connectivity index (χ0n) is 10.3. The van der Waals surface area contributed by atoms with Crippen molar-refractivity contribution in [1.82, 2.24) is 10.3 Å². The van der Waals surface area contributed by atoms with Crippen molar-refractivity contribution in [1.29, 1.82) is 0 Å². The Kier molecular flexibility index (Phi) is 4.25. The molecule has 0 aliphatic rings. The summed E-state index contributed by atoms with van der Waals surface area (Å²) < 4.78 is 5.47. The number of nitrogens with one attached hydrogen (secondary N) is 1. The fourth-order valence-electron chi connectivity index (χ4n) is 1.78. The average molecular weight is 264 g/mol. The van der Waals surface area contributed by atoms with Gasteiger partial charge in [-0.1, -0.05) is 6.07 Å². The molecule has 4 nitrogen and oxygen atoms in total. The first kappa shape index (κ1) is 13.0. The van der Waals surface area contributed by atoms with E-state index in [1.807, 2.05) is 25.1 Å². The Balaban J connectivity index is 1.93. The van der Waals surface area contributed by atoms with Gasteiger partial charge in [0, 0.05) is 19.9 Å². The minimum absolute atomic E-state index is 0.0431. The number of thiol groups is 1. The van der Waals surface area contributed by atoms with Gasteiger partial charge >= 0.3 is 0 Å². The van der Waals surface area contributed by atoms with Crippen molar-refractivity contribution in [2.75, 3.05) is 12.3 Å². The Labute approximate surface area is 111 Å². The molecule has 0 aliphatic heterocycles. The molecule has 0 fully saturated rings. The van der Waals surface area contributed by atoms with E-state index >= 15 is 0 Å². The fraction of sp³-hybridized carbons (Fsp3) is 0.385. The summed E-state index contributed by atoms with van der Waals surface area (Å²) in [5.74, 6) is 1.29. The number of fused-ring (bicyclic) bond motifs is 1. The molecule has 0 saturated heterocycles. The molecule has 1 aromatic heterocycles. The number of amides is 1. The van der Waals surface area contributed by atoms with E-state index in [1.54, 1.807) is 0 Å². The molecular weight excluding hydrogens is 248 g/mol. The minimum Gasteiger partial charge on any atom is -0.441 e. The lowest BCUT2D eigenvalue weighted by Crippen LogP contribution is -2.25. The molecule has 96 valence electrons. The van der Waals surface area contributed by atoms with Crippen LogP contribution in [0.3, 0.4) is 0 Å². The maximum atomic E-state index is 11.3. The lowest BCUT2D eigenvalue weighted by Gasteiger charge is -2.04. The van der Waals surface area contributed by atoms with Crippen LogP contribution in [0.4, 0.5) is 0 Å². The number of carbonyl (C=O) groups excluding carboxylic acids is 1. The lowest BCUT2D eigenvalue weighted by molar-refractivity contribution is -0.120. The topological polar surface area (TPSA) is 55.1 Å². The standard InChI is InChI=1S/C13H16N2O2S/c1-9-15-11-3-2-10(8-12(11)17-9)4-6-14-13(16)5-7-18/h2-3,8,18H,4-7H2,1H3,(H,14,16). The molecule has 1 aromatic carbocycles. The van der Waals surface area contributed by atoms with Crippen LogP contribution >= 0.6 is 12.6 Å². The van der Waals surface area contributed by atoms with Gasteiger partial charge in [0.2, 0.25) is 5.91 Å². The van der Waals surface area contributed by atoms with Gasteiger partial charge in [0.1, 0.15) is 5.52 Å². The van der Waals surface area contributed by atoms with E-state index in [4.69, 9.17) is 4.42 Å². The normalized spacial score (nSPS) is 10.8. The summed E-state index contributed by atoms with van der Waals surface area (Å²) in [4.78, 5) is 15.5. The van der Waals surface area contributed by atoms with Gasteiger partial charge in [-0.25, -0.2) is 4.98 Å². The van der Waals surface area contributed by atoms with E-state index < -0.39 is 0 Å². The number of aromatic nitrogens is 1. The summed E-state index contributed by atoms with van der Waals surface area (Å²) in [7, 11) is 0. The Bertz CT molecular complexity index is 551. The van der Waals surface area contributed by atoms with E-state index in [0.29, 0.717) is 24.6 Å². The van der Waals surface area contributed by atoms with Crippen LogP contribution in [0.25, 0.3) is 11.1 Å². The molecule has 0 atom stereocenters. The van der Waals surface area contributed by atoms with Gasteiger partial charge < -0.3 is 9.73 Å². The highest BCUT2D eigenvalue weighted by atomic mass is 32.1. The summed E-state index contributed by atoms with van der Waals surface area (Å²) in [5, 5.41) is 2.85. The molecule has 0 aliphatic carbocycles. The average Bonchev–Trinajstić information content (AvgIpc) is 2.69. The smallest absolute Gasteiger partial charge is 0.220 e. The van der Waals surface area contributed by atoms with Gasteiger partial charge in [-0.05, 0) is 29.9 Å². The molecule has 1 N–H and O–H groups in total. The van der Waals surface area contributed by atoms with Crippen LogP contribution < -0.4 is 5.32 Å². The van der Waals surface area contributed by atoms with Crippen molar-refractivity contribution >= 4 is 29.6 Å².